The van der Waals surface area contributed by atoms with Crippen molar-refractivity contribution in [2.45, 2.75) is 18.4 Å². The number of halogens is 1. The second-order valence-corrected chi connectivity index (χ2v) is 8.58. The van der Waals surface area contributed by atoms with Gasteiger partial charge >= 0.3 is 11.9 Å². The molecule has 4 rings (SSSR count). The van der Waals surface area contributed by atoms with Gasteiger partial charge in [0, 0.05) is 16.4 Å². The molecular formula is C25H22BrNO4. The zero-order chi connectivity index (χ0) is 22.0. The Morgan fingerprint density at radius 3 is 2.03 bits per heavy atom. The van der Waals surface area contributed by atoms with Crippen LogP contribution >= 0.6 is 15.9 Å². The number of aliphatic carboxylic acids is 1. The number of hydrogen-bond acceptors (Lipinski definition) is 4. The van der Waals surface area contributed by atoms with Crippen LogP contribution in [0.25, 0.3) is 11.1 Å². The molecule has 0 spiro atoms. The average molecular weight is 480 g/mol. The molecule has 0 saturated carbocycles. The van der Waals surface area contributed by atoms with Gasteiger partial charge in [0.15, 0.2) is 5.92 Å². The molecular weight excluding hydrogens is 458 g/mol. The summed E-state index contributed by atoms with van der Waals surface area (Å²) in [6.45, 7) is 0.0711. The molecule has 158 valence electrons. The summed E-state index contributed by atoms with van der Waals surface area (Å²) in [5.74, 6) is -3.65. The van der Waals surface area contributed by atoms with Crippen LogP contribution in [0.1, 0.15) is 22.6 Å². The molecule has 3 aromatic rings. The van der Waals surface area contributed by atoms with E-state index in [-0.39, 0.29) is 18.9 Å². The maximum Gasteiger partial charge on any atom is 0.321 e. The number of carboxylic acids is 1. The standard InChI is InChI=1S/C25H22BrNO4/c26-16-11-9-15(10-12-16)13-22(27)23(24(28)29)25(30)31-14-21-19-7-3-1-5-17(19)18-6-2-4-8-20(18)21/h1-12,21-23H,13-14,27H2,(H,28,29)/t22-,23+/m1/s1. The van der Waals surface area contributed by atoms with E-state index in [9.17, 15) is 14.7 Å². The predicted octanol–water partition coefficient (Wildman–Crippen LogP) is 4.38. The van der Waals surface area contributed by atoms with Gasteiger partial charge in [0.25, 0.3) is 0 Å². The van der Waals surface area contributed by atoms with E-state index in [1.54, 1.807) is 0 Å². The van der Waals surface area contributed by atoms with Gasteiger partial charge in [-0.1, -0.05) is 76.6 Å². The molecule has 0 radical (unpaired) electrons. The van der Waals surface area contributed by atoms with Crippen molar-refractivity contribution in [3.63, 3.8) is 0 Å². The lowest BCUT2D eigenvalue weighted by Crippen LogP contribution is -2.43. The van der Waals surface area contributed by atoms with E-state index in [0.29, 0.717) is 0 Å². The van der Waals surface area contributed by atoms with E-state index in [1.165, 1.54) is 0 Å². The number of nitrogens with two attached hydrogens (primary N) is 1. The molecule has 31 heavy (non-hydrogen) atoms. The highest BCUT2D eigenvalue weighted by Crippen LogP contribution is 2.44. The van der Waals surface area contributed by atoms with Gasteiger partial charge in [0.1, 0.15) is 6.61 Å². The molecule has 0 aromatic heterocycles. The first-order valence-electron chi connectivity index (χ1n) is 10.0. The molecule has 0 heterocycles. The van der Waals surface area contributed by atoms with Crippen LogP contribution in [0.5, 0.6) is 0 Å². The van der Waals surface area contributed by atoms with Crippen molar-refractivity contribution in [3.8, 4) is 11.1 Å². The third-order valence-corrected chi connectivity index (χ3v) is 6.22. The molecule has 0 aliphatic heterocycles. The summed E-state index contributed by atoms with van der Waals surface area (Å²) >= 11 is 3.36. The van der Waals surface area contributed by atoms with Gasteiger partial charge in [0.05, 0.1) is 0 Å². The normalized spacial score (nSPS) is 14.4. The summed E-state index contributed by atoms with van der Waals surface area (Å²) < 4.78 is 6.45. The lowest BCUT2D eigenvalue weighted by atomic mass is 9.94. The zero-order valence-electron chi connectivity index (χ0n) is 16.7. The minimum atomic E-state index is -1.43. The SMILES string of the molecule is N[C@H](Cc1ccc(Br)cc1)[C@@H](C(=O)O)C(=O)OCC1c2ccccc2-c2ccccc21. The molecule has 2 atom stereocenters. The number of rotatable bonds is 7. The predicted molar refractivity (Wildman–Crippen MR) is 122 cm³/mol. The number of ether oxygens (including phenoxy) is 1. The molecule has 3 N–H and O–H groups in total. The zero-order valence-corrected chi connectivity index (χ0v) is 18.3. The first-order chi connectivity index (χ1) is 15.0. The highest BCUT2D eigenvalue weighted by molar-refractivity contribution is 9.10. The van der Waals surface area contributed by atoms with Crippen molar-refractivity contribution in [2.24, 2.45) is 11.7 Å². The second-order valence-electron chi connectivity index (χ2n) is 7.67. The Morgan fingerprint density at radius 2 is 1.48 bits per heavy atom. The molecule has 1 aliphatic carbocycles. The Hall–Kier alpha value is -2.96. The Labute approximate surface area is 189 Å². The van der Waals surface area contributed by atoms with Gasteiger partial charge in [-0.2, -0.15) is 0 Å². The van der Waals surface area contributed by atoms with Crippen molar-refractivity contribution >= 4 is 27.9 Å². The topological polar surface area (TPSA) is 89.6 Å². The Morgan fingerprint density at radius 1 is 0.935 bits per heavy atom. The highest BCUT2D eigenvalue weighted by atomic mass is 79.9. The maximum absolute atomic E-state index is 12.8. The van der Waals surface area contributed by atoms with Crippen LogP contribution in [0.4, 0.5) is 0 Å². The summed E-state index contributed by atoms with van der Waals surface area (Å²) in [5.41, 5.74) is 11.4. The third kappa shape index (κ3) is 4.40. The molecule has 0 saturated heterocycles. The monoisotopic (exact) mass is 479 g/mol. The van der Waals surface area contributed by atoms with Crippen LogP contribution in [0.15, 0.2) is 77.3 Å². The van der Waals surface area contributed by atoms with Crippen LogP contribution in [0.2, 0.25) is 0 Å². The molecule has 0 bridgehead atoms. The number of carboxylic acid groups (broad SMARTS) is 1. The Bertz CT molecular complexity index is 1070. The minimum absolute atomic E-state index is 0.0711. The lowest BCUT2D eigenvalue weighted by molar-refractivity contribution is -0.159. The smallest absolute Gasteiger partial charge is 0.321 e. The number of hydrogen-bond donors (Lipinski definition) is 2. The van der Waals surface area contributed by atoms with E-state index in [2.05, 4.69) is 15.9 Å². The minimum Gasteiger partial charge on any atom is -0.481 e. The van der Waals surface area contributed by atoms with Crippen LogP contribution in [-0.4, -0.2) is 29.7 Å². The second kappa shape index (κ2) is 9.04. The van der Waals surface area contributed by atoms with Gasteiger partial charge in [0.2, 0.25) is 0 Å². The highest BCUT2D eigenvalue weighted by Gasteiger charge is 2.36. The van der Waals surface area contributed by atoms with Crippen molar-refractivity contribution < 1.29 is 19.4 Å². The molecule has 1 aliphatic rings. The first kappa shape index (κ1) is 21.3. The summed E-state index contributed by atoms with van der Waals surface area (Å²) in [6.07, 6.45) is 0.258. The summed E-state index contributed by atoms with van der Waals surface area (Å²) in [4.78, 5) is 24.6. The van der Waals surface area contributed by atoms with E-state index in [0.717, 1.165) is 32.3 Å². The van der Waals surface area contributed by atoms with E-state index in [4.69, 9.17) is 10.5 Å². The van der Waals surface area contributed by atoms with E-state index >= 15 is 0 Å². The quantitative estimate of drug-likeness (QED) is 0.387. The summed E-state index contributed by atoms with van der Waals surface area (Å²) in [6, 6.07) is 22.5. The fourth-order valence-electron chi connectivity index (χ4n) is 4.16. The molecule has 0 amide bonds. The average Bonchev–Trinajstić information content (AvgIpc) is 3.07. The lowest BCUT2D eigenvalue weighted by Gasteiger charge is -2.21. The number of esters is 1. The van der Waals surface area contributed by atoms with E-state index in [1.807, 2.05) is 72.8 Å². The van der Waals surface area contributed by atoms with Crippen molar-refractivity contribution in [2.75, 3.05) is 6.61 Å². The maximum atomic E-state index is 12.8. The van der Waals surface area contributed by atoms with Gasteiger partial charge in [-0.05, 0) is 46.4 Å². The molecule has 3 aromatic carbocycles. The van der Waals surface area contributed by atoms with Gasteiger partial charge in [-0.15, -0.1) is 0 Å². The van der Waals surface area contributed by atoms with E-state index < -0.39 is 23.9 Å². The van der Waals surface area contributed by atoms with Crippen molar-refractivity contribution in [1.82, 2.24) is 0 Å². The van der Waals surface area contributed by atoms with Gasteiger partial charge < -0.3 is 15.6 Å². The van der Waals surface area contributed by atoms with Gasteiger partial charge in [-0.25, -0.2) is 0 Å². The molecule has 5 nitrogen and oxygen atoms in total. The fraction of sp³-hybridized carbons (Fsp3) is 0.200. The number of benzene rings is 3. The Balaban J connectivity index is 1.49. The molecule has 6 heteroatoms. The third-order valence-electron chi connectivity index (χ3n) is 5.69. The van der Waals surface area contributed by atoms with Crippen LogP contribution in [0.3, 0.4) is 0 Å². The summed E-state index contributed by atoms with van der Waals surface area (Å²) in [7, 11) is 0. The van der Waals surface area contributed by atoms with Crippen LogP contribution < -0.4 is 5.73 Å². The largest absolute Gasteiger partial charge is 0.481 e. The fourth-order valence-corrected chi connectivity index (χ4v) is 4.43. The van der Waals surface area contributed by atoms with Crippen molar-refractivity contribution in [1.29, 1.82) is 0 Å². The first-order valence-corrected chi connectivity index (χ1v) is 10.8. The number of carbonyl (C=O) groups is 2. The Kier molecular flexibility index (Phi) is 6.20. The summed E-state index contributed by atoms with van der Waals surface area (Å²) in [5, 5.41) is 9.66. The number of carbonyl (C=O) groups excluding carboxylic acids is 1. The van der Waals surface area contributed by atoms with Crippen LogP contribution in [-0.2, 0) is 20.7 Å². The van der Waals surface area contributed by atoms with Gasteiger partial charge in [-0.3, -0.25) is 9.59 Å². The van der Waals surface area contributed by atoms with Crippen LogP contribution in [0, 0.1) is 5.92 Å². The van der Waals surface area contributed by atoms with Crippen molar-refractivity contribution in [3.05, 3.63) is 94.0 Å². The molecule has 0 fully saturated rings. The number of fused-ring (bicyclic) bond motifs is 3. The molecule has 0 unspecified atom stereocenters.